The van der Waals surface area contributed by atoms with Gasteiger partial charge in [-0.1, -0.05) is 19.0 Å². The van der Waals surface area contributed by atoms with E-state index in [0.717, 1.165) is 6.07 Å². The van der Waals surface area contributed by atoms with Gasteiger partial charge < -0.3 is 15.4 Å². The number of phenolic OH excluding ortho intramolecular Hbond substituents is 1. The first-order valence-corrected chi connectivity index (χ1v) is 6.12. The largest absolute Gasteiger partial charge is 0.505 e. The molecule has 0 saturated heterocycles. The van der Waals surface area contributed by atoms with Crippen LogP contribution >= 0.6 is 0 Å². The highest BCUT2D eigenvalue weighted by molar-refractivity contribution is 5.55. The van der Waals surface area contributed by atoms with Gasteiger partial charge in [0.05, 0.1) is 5.54 Å². The number of benzene rings is 1. The molecule has 1 heterocycles. The van der Waals surface area contributed by atoms with Crippen LogP contribution in [0, 0.1) is 5.82 Å². The Morgan fingerprint density at radius 1 is 1.37 bits per heavy atom. The topological polar surface area (TPSA) is 85.2 Å². The molecule has 5 nitrogen and oxygen atoms in total. The van der Waals surface area contributed by atoms with Gasteiger partial charge in [-0.3, -0.25) is 0 Å². The van der Waals surface area contributed by atoms with Crippen molar-refractivity contribution in [2.45, 2.75) is 32.2 Å². The van der Waals surface area contributed by atoms with Crippen LogP contribution in [-0.2, 0) is 5.54 Å². The van der Waals surface area contributed by atoms with Crippen LogP contribution in [0.3, 0.4) is 0 Å². The predicted octanol–water partition coefficient (Wildman–Crippen LogP) is 2.56. The predicted molar refractivity (Wildman–Crippen MR) is 67.8 cm³/mol. The lowest BCUT2D eigenvalue weighted by atomic mass is 9.94. The summed E-state index contributed by atoms with van der Waals surface area (Å²) in [6.45, 7) is 3.88. The molecule has 0 amide bonds. The van der Waals surface area contributed by atoms with E-state index in [4.69, 9.17) is 15.4 Å². The minimum absolute atomic E-state index is 0.255. The Labute approximate surface area is 110 Å². The van der Waals surface area contributed by atoms with Crippen molar-refractivity contribution in [3.63, 3.8) is 0 Å². The second-order valence-electron chi connectivity index (χ2n) is 4.45. The lowest BCUT2D eigenvalue weighted by Crippen LogP contribution is -2.35. The quantitative estimate of drug-likeness (QED) is 0.887. The number of rotatable bonds is 4. The molecular formula is C13H16FN3O2. The Bertz CT molecular complexity index is 579. The van der Waals surface area contributed by atoms with Gasteiger partial charge in [-0.2, -0.15) is 4.98 Å². The summed E-state index contributed by atoms with van der Waals surface area (Å²) in [5.74, 6) is -0.553. The standard InChI is InChI=1S/C13H16FN3O2/c1-3-13(15,4-2)12-16-11(17-19-12)8-5-6-10(18)9(14)7-8/h5-7,18H,3-4,15H2,1-2H3. The molecule has 0 saturated carbocycles. The average Bonchev–Trinajstić information content (AvgIpc) is 2.91. The van der Waals surface area contributed by atoms with E-state index in [-0.39, 0.29) is 5.82 Å². The molecule has 2 aromatic rings. The third kappa shape index (κ3) is 2.44. The van der Waals surface area contributed by atoms with E-state index in [9.17, 15) is 4.39 Å². The first kappa shape index (κ1) is 13.5. The maximum atomic E-state index is 13.3. The summed E-state index contributed by atoms with van der Waals surface area (Å²) in [5.41, 5.74) is 5.92. The first-order valence-electron chi connectivity index (χ1n) is 6.12. The summed E-state index contributed by atoms with van der Waals surface area (Å²) in [4.78, 5) is 4.21. The second-order valence-corrected chi connectivity index (χ2v) is 4.45. The van der Waals surface area contributed by atoms with Crippen molar-refractivity contribution < 1.29 is 14.0 Å². The molecule has 0 aliphatic carbocycles. The van der Waals surface area contributed by atoms with E-state index in [2.05, 4.69) is 10.1 Å². The van der Waals surface area contributed by atoms with Gasteiger partial charge in [0, 0.05) is 5.56 Å². The van der Waals surface area contributed by atoms with Crippen molar-refractivity contribution in [1.29, 1.82) is 0 Å². The molecule has 0 unspecified atom stereocenters. The fraction of sp³-hybridized carbons (Fsp3) is 0.385. The van der Waals surface area contributed by atoms with Crippen LogP contribution in [0.1, 0.15) is 32.6 Å². The molecule has 6 heteroatoms. The summed E-state index contributed by atoms with van der Waals surface area (Å²) in [6, 6.07) is 3.92. The van der Waals surface area contributed by atoms with Crippen molar-refractivity contribution in [2.75, 3.05) is 0 Å². The van der Waals surface area contributed by atoms with E-state index in [1.165, 1.54) is 12.1 Å². The molecule has 1 aromatic carbocycles. The SMILES string of the molecule is CCC(N)(CC)c1nc(-c2ccc(O)c(F)c2)no1. The molecular weight excluding hydrogens is 249 g/mol. The highest BCUT2D eigenvalue weighted by Gasteiger charge is 2.30. The lowest BCUT2D eigenvalue weighted by Gasteiger charge is -2.20. The van der Waals surface area contributed by atoms with Gasteiger partial charge in [0.2, 0.25) is 11.7 Å². The smallest absolute Gasteiger partial charge is 0.247 e. The van der Waals surface area contributed by atoms with Crippen LogP contribution in [-0.4, -0.2) is 15.2 Å². The van der Waals surface area contributed by atoms with Gasteiger partial charge in [-0.15, -0.1) is 0 Å². The molecule has 0 aliphatic rings. The van der Waals surface area contributed by atoms with E-state index in [1.54, 1.807) is 0 Å². The minimum atomic E-state index is -0.728. The summed E-state index contributed by atoms with van der Waals surface area (Å²) < 4.78 is 18.4. The van der Waals surface area contributed by atoms with Crippen molar-refractivity contribution in [2.24, 2.45) is 5.73 Å². The number of nitrogens with zero attached hydrogens (tertiary/aromatic N) is 2. The van der Waals surface area contributed by atoms with Gasteiger partial charge in [0.15, 0.2) is 11.6 Å². The molecule has 19 heavy (non-hydrogen) atoms. The van der Waals surface area contributed by atoms with Crippen molar-refractivity contribution in [3.8, 4) is 17.1 Å². The van der Waals surface area contributed by atoms with Crippen molar-refractivity contribution in [1.82, 2.24) is 10.1 Å². The van der Waals surface area contributed by atoms with E-state index in [0.29, 0.717) is 24.3 Å². The Morgan fingerprint density at radius 3 is 2.63 bits per heavy atom. The molecule has 1 aromatic heterocycles. The molecule has 3 N–H and O–H groups in total. The van der Waals surface area contributed by atoms with E-state index < -0.39 is 17.1 Å². The molecule has 102 valence electrons. The summed E-state index contributed by atoms with van der Waals surface area (Å²) in [7, 11) is 0. The normalized spacial score (nSPS) is 11.8. The molecule has 2 rings (SSSR count). The van der Waals surface area contributed by atoms with Crippen LogP contribution in [0.5, 0.6) is 5.75 Å². The maximum Gasteiger partial charge on any atom is 0.247 e. The molecule has 0 radical (unpaired) electrons. The minimum Gasteiger partial charge on any atom is -0.505 e. The number of aromatic hydroxyl groups is 1. The number of phenols is 1. The van der Waals surface area contributed by atoms with Crippen LogP contribution in [0.15, 0.2) is 22.7 Å². The zero-order chi connectivity index (χ0) is 14.0. The molecule has 0 spiro atoms. The molecule has 0 aliphatic heterocycles. The zero-order valence-electron chi connectivity index (χ0n) is 10.9. The maximum absolute atomic E-state index is 13.3. The third-order valence-electron chi connectivity index (χ3n) is 3.32. The third-order valence-corrected chi connectivity index (χ3v) is 3.32. The van der Waals surface area contributed by atoms with Gasteiger partial charge in [-0.25, -0.2) is 4.39 Å². The fourth-order valence-electron chi connectivity index (χ4n) is 1.74. The first-order chi connectivity index (χ1) is 9.00. The fourth-order valence-corrected chi connectivity index (χ4v) is 1.74. The lowest BCUT2D eigenvalue weighted by molar-refractivity contribution is 0.268. The Balaban J connectivity index is 2.38. The molecule has 0 atom stereocenters. The Morgan fingerprint density at radius 2 is 2.05 bits per heavy atom. The van der Waals surface area contributed by atoms with Gasteiger partial charge in [-0.05, 0) is 31.0 Å². The summed E-state index contributed by atoms with van der Waals surface area (Å²) in [6.07, 6.45) is 1.32. The Hall–Kier alpha value is -1.95. The monoisotopic (exact) mass is 265 g/mol. The average molecular weight is 265 g/mol. The highest BCUT2D eigenvalue weighted by Crippen LogP contribution is 2.27. The molecule has 0 fully saturated rings. The van der Waals surface area contributed by atoms with Crippen LogP contribution in [0.4, 0.5) is 4.39 Å². The zero-order valence-corrected chi connectivity index (χ0v) is 10.9. The number of halogens is 1. The highest BCUT2D eigenvalue weighted by atomic mass is 19.1. The summed E-state index contributed by atoms with van der Waals surface area (Å²) in [5, 5.41) is 12.9. The van der Waals surface area contributed by atoms with Crippen LogP contribution in [0.25, 0.3) is 11.4 Å². The van der Waals surface area contributed by atoms with Gasteiger partial charge in [0.1, 0.15) is 0 Å². The summed E-state index contributed by atoms with van der Waals surface area (Å²) >= 11 is 0. The second kappa shape index (κ2) is 4.97. The van der Waals surface area contributed by atoms with Crippen molar-refractivity contribution in [3.05, 3.63) is 29.9 Å². The number of aromatic nitrogens is 2. The van der Waals surface area contributed by atoms with Crippen LogP contribution in [0.2, 0.25) is 0 Å². The van der Waals surface area contributed by atoms with Crippen molar-refractivity contribution >= 4 is 0 Å². The molecule has 0 bridgehead atoms. The van der Waals surface area contributed by atoms with E-state index >= 15 is 0 Å². The van der Waals surface area contributed by atoms with Gasteiger partial charge in [0.25, 0.3) is 0 Å². The van der Waals surface area contributed by atoms with E-state index in [1.807, 2.05) is 13.8 Å². The number of hydrogen-bond acceptors (Lipinski definition) is 5. The number of hydrogen-bond donors (Lipinski definition) is 2. The Kier molecular flexibility index (Phi) is 3.53. The van der Waals surface area contributed by atoms with Crippen LogP contribution < -0.4 is 5.73 Å². The number of nitrogens with two attached hydrogens (primary N) is 1. The van der Waals surface area contributed by atoms with Gasteiger partial charge >= 0.3 is 0 Å².